The van der Waals surface area contributed by atoms with Gasteiger partial charge in [0.25, 0.3) is 5.91 Å². The molecule has 2 aromatic carbocycles. The SMILES string of the molecule is O=C(c1cnn2cccnc12)N(Cc1ccc(OCc2ccccc2F)cc1)C1CCCC1. The van der Waals surface area contributed by atoms with E-state index >= 15 is 0 Å². The van der Waals surface area contributed by atoms with E-state index in [1.54, 1.807) is 47.4 Å². The largest absolute Gasteiger partial charge is 0.489 e. The Morgan fingerprint density at radius 3 is 2.67 bits per heavy atom. The first-order chi connectivity index (χ1) is 16.2. The maximum Gasteiger partial charge on any atom is 0.259 e. The number of fused-ring (bicyclic) bond motifs is 1. The molecule has 0 radical (unpaired) electrons. The van der Waals surface area contributed by atoms with Crippen molar-refractivity contribution >= 4 is 11.6 Å². The summed E-state index contributed by atoms with van der Waals surface area (Å²) in [4.78, 5) is 19.8. The molecular weight excluding hydrogens is 419 g/mol. The maximum absolute atomic E-state index is 13.8. The molecule has 0 spiro atoms. The second kappa shape index (κ2) is 9.40. The molecule has 0 N–H and O–H groups in total. The third-order valence-corrected chi connectivity index (χ3v) is 6.16. The minimum absolute atomic E-state index is 0.0459. The molecule has 1 fully saturated rings. The van der Waals surface area contributed by atoms with Crippen LogP contribution in [0.15, 0.2) is 73.2 Å². The quantitative estimate of drug-likeness (QED) is 0.401. The zero-order valence-electron chi connectivity index (χ0n) is 18.2. The van der Waals surface area contributed by atoms with Crippen LogP contribution in [0, 0.1) is 5.82 Å². The fourth-order valence-corrected chi connectivity index (χ4v) is 4.38. The number of hydrogen-bond donors (Lipinski definition) is 0. The van der Waals surface area contributed by atoms with Crippen molar-refractivity contribution in [2.45, 2.75) is 44.9 Å². The van der Waals surface area contributed by atoms with E-state index in [0.717, 1.165) is 31.2 Å². The van der Waals surface area contributed by atoms with Crippen LogP contribution in [0.25, 0.3) is 5.65 Å². The maximum atomic E-state index is 13.8. The summed E-state index contributed by atoms with van der Waals surface area (Å²) in [7, 11) is 0. The number of benzene rings is 2. The van der Waals surface area contributed by atoms with E-state index in [2.05, 4.69) is 10.1 Å². The van der Waals surface area contributed by atoms with Crippen LogP contribution in [0.5, 0.6) is 5.75 Å². The zero-order chi connectivity index (χ0) is 22.6. The average Bonchev–Trinajstić information content (AvgIpc) is 3.53. The van der Waals surface area contributed by atoms with Gasteiger partial charge < -0.3 is 9.64 Å². The summed E-state index contributed by atoms with van der Waals surface area (Å²) in [6.45, 7) is 0.668. The Labute approximate surface area is 191 Å². The third-order valence-electron chi connectivity index (χ3n) is 6.16. The van der Waals surface area contributed by atoms with Crippen LogP contribution < -0.4 is 4.74 Å². The van der Waals surface area contributed by atoms with Gasteiger partial charge in [-0.25, -0.2) is 13.9 Å². The molecule has 0 saturated heterocycles. The van der Waals surface area contributed by atoms with Crippen LogP contribution in [0.4, 0.5) is 4.39 Å². The van der Waals surface area contributed by atoms with Crippen LogP contribution in [0.1, 0.15) is 47.2 Å². The highest BCUT2D eigenvalue weighted by atomic mass is 19.1. The first-order valence-electron chi connectivity index (χ1n) is 11.2. The normalized spacial score (nSPS) is 14.0. The lowest BCUT2D eigenvalue weighted by Crippen LogP contribution is -2.38. The number of hydrogen-bond acceptors (Lipinski definition) is 4. The summed E-state index contributed by atoms with van der Waals surface area (Å²) in [6, 6.07) is 16.2. The zero-order valence-corrected chi connectivity index (χ0v) is 18.2. The number of rotatable bonds is 7. The van der Waals surface area contributed by atoms with Gasteiger partial charge in [-0.2, -0.15) is 5.10 Å². The number of carbonyl (C=O) groups is 1. The average molecular weight is 445 g/mol. The van der Waals surface area contributed by atoms with Gasteiger partial charge in [-0.3, -0.25) is 4.79 Å². The molecule has 1 aliphatic rings. The van der Waals surface area contributed by atoms with Crippen molar-refractivity contribution in [3.8, 4) is 5.75 Å². The smallest absolute Gasteiger partial charge is 0.259 e. The van der Waals surface area contributed by atoms with Gasteiger partial charge in [-0.15, -0.1) is 0 Å². The van der Waals surface area contributed by atoms with Gasteiger partial charge in [0.1, 0.15) is 23.7 Å². The topological polar surface area (TPSA) is 59.7 Å². The summed E-state index contributed by atoms with van der Waals surface area (Å²) in [6.07, 6.45) is 9.33. The van der Waals surface area contributed by atoms with Crippen LogP contribution in [0.2, 0.25) is 0 Å². The highest BCUT2D eigenvalue weighted by Gasteiger charge is 2.29. The number of nitrogens with zero attached hydrogens (tertiary/aromatic N) is 4. The Morgan fingerprint density at radius 2 is 1.88 bits per heavy atom. The molecule has 1 amide bonds. The molecule has 4 aromatic rings. The minimum atomic E-state index is -0.276. The lowest BCUT2D eigenvalue weighted by atomic mass is 10.1. The molecule has 7 heteroatoms. The lowest BCUT2D eigenvalue weighted by Gasteiger charge is -2.29. The fraction of sp³-hybridized carbons (Fsp3) is 0.269. The molecule has 1 saturated carbocycles. The Morgan fingerprint density at radius 1 is 1.09 bits per heavy atom. The van der Waals surface area contributed by atoms with E-state index in [1.165, 1.54) is 6.07 Å². The molecule has 168 valence electrons. The van der Waals surface area contributed by atoms with E-state index in [4.69, 9.17) is 4.74 Å². The Bertz CT molecular complexity index is 1250. The Hall–Kier alpha value is -3.74. The summed E-state index contributed by atoms with van der Waals surface area (Å²) in [5.74, 6) is 0.338. The van der Waals surface area contributed by atoms with E-state index in [1.807, 2.05) is 29.2 Å². The molecule has 0 unspecified atom stereocenters. The fourth-order valence-electron chi connectivity index (χ4n) is 4.38. The van der Waals surface area contributed by atoms with E-state index in [0.29, 0.717) is 29.1 Å². The van der Waals surface area contributed by atoms with Crippen LogP contribution in [-0.2, 0) is 13.2 Å². The highest BCUT2D eigenvalue weighted by molar-refractivity contribution is 5.99. The molecule has 0 bridgehead atoms. The van der Waals surface area contributed by atoms with Gasteiger partial charge >= 0.3 is 0 Å². The molecule has 2 heterocycles. The molecule has 6 nitrogen and oxygen atoms in total. The summed E-state index contributed by atoms with van der Waals surface area (Å²) < 4.78 is 21.2. The van der Waals surface area contributed by atoms with Gasteiger partial charge in [0.2, 0.25) is 0 Å². The van der Waals surface area contributed by atoms with E-state index in [9.17, 15) is 9.18 Å². The minimum Gasteiger partial charge on any atom is -0.489 e. The standard InChI is InChI=1S/C26H25FN4O2/c27-24-9-4-1-6-20(24)18-33-22-12-10-19(11-13-22)17-30(21-7-2-3-8-21)26(32)23-16-29-31-15-5-14-28-25(23)31/h1,4-6,9-16,21H,2-3,7-8,17-18H2. The number of ether oxygens (including phenoxy) is 1. The predicted octanol–water partition coefficient (Wildman–Crippen LogP) is 5.03. The number of carbonyl (C=O) groups excluding carboxylic acids is 1. The summed E-state index contributed by atoms with van der Waals surface area (Å²) in [5, 5.41) is 4.28. The van der Waals surface area contributed by atoms with Gasteiger partial charge in [-0.1, -0.05) is 43.2 Å². The van der Waals surface area contributed by atoms with Gasteiger partial charge in [-0.05, 0) is 42.7 Å². The third kappa shape index (κ3) is 4.58. The molecule has 0 atom stereocenters. The summed E-state index contributed by atoms with van der Waals surface area (Å²) in [5.41, 5.74) is 2.62. The second-order valence-corrected chi connectivity index (χ2v) is 8.34. The first-order valence-corrected chi connectivity index (χ1v) is 11.2. The Balaban J connectivity index is 1.32. The molecule has 5 rings (SSSR count). The van der Waals surface area contributed by atoms with Crippen molar-refractivity contribution in [1.82, 2.24) is 19.5 Å². The van der Waals surface area contributed by atoms with Crippen molar-refractivity contribution < 1.29 is 13.9 Å². The van der Waals surface area contributed by atoms with Gasteiger partial charge in [0.15, 0.2) is 5.65 Å². The van der Waals surface area contributed by atoms with Gasteiger partial charge in [0.05, 0.1) is 6.20 Å². The van der Waals surface area contributed by atoms with Crippen molar-refractivity contribution in [3.63, 3.8) is 0 Å². The second-order valence-electron chi connectivity index (χ2n) is 8.34. The monoisotopic (exact) mass is 444 g/mol. The summed E-state index contributed by atoms with van der Waals surface area (Å²) >= 11 is 0. The van der Waals surface area contributed by atoms with Crippen molar-refractivity contribution in [1.29, 1.82) is 0 Å². The van der Waals surface area contributed by atoms with Crippen LogP contribution in [0.3, 0.4) is 0 Å². The lowest BCUT2D eigenvalue weighted by molar-refractivity contribution is 0.0666. The molecule has 2 aromatic heterocycles. The van der Waals surface area contributed by atoms with Crippen molar-refractivity contribution in [2.24, 2.45) is 0 Å². The molecule has 0 aliphatic heterocycles. The number of aromatic nitrogens is 3. The molecule has 1 aliphatic carbocycles. The number of halogens is 1. The van der Waals surface area contributed by atoms with Crippen LogP contribution >= 0.6 is 0 Å². The first kappa shape index (κ1) is 21.1. The molecular formula is C26H25FN4O2. The Kier molecular flexibility index (Phi) is 6.02. The predicted molar refractivity (Wildman–Crippen MR) is 122 cm³/mol. The molecule has 33 heavy (non-hydrogen) atoms. The van der Waals surface area contributed by atoms with E-state index in [-0.39, 0.29) is 24.4 Å². The van der Waals surface area contributed by atoms with Crippen molar-refractivity contribution in [2.75, 3.05) is 0 Å². The van der Waals surface area contributed by atoms with Gasteiger partial charge in [0, 0.05) is 30.5 Å². The van der Waals surface area contributed by atoms with E-state index < -0.39 is 0 Å². The highest BCUT2D eigenvalue weighted by Crippen LogP contribution is 2.28. The number of amides is 1. The van der Waals surface area contributed by atoms with Crippen LogP contribution in [-0.4, -0.2) is 31.4 Å². The van der Waals surface area contributed by atoms with Crippen molar-refractivity contribution in [3.05, 3.63) is 95.7 Å².